The Labute approximate surface area is 135 Å². The van der Waals surface area contributed by atoms with E-state index >= 15 is 0 Å². The molecule has 0 spiro atoms. The Bertz CT molecular complexity index is 650. The van der Waals surface area contributed by atoms with Crippen molar-refractivity contribution in [3.05, 3.63) is 28.5 Å². The SMILES string of the molecule is COC(=O)c1cc(NC(=O)NCC(C)(O)C(=O)O)cc(Cl)c1F. The van der Waals surface area contributed by atoms with Crippen molar-refractivity contribution in [2.45, 2.75) is 12.5 Å². The number of amides is 2. The van der Waals surface area contributed by atoms with Crippen molar-refractivity contribution in [1.29, 1.82) is 0 Å². The van der Waals surface area contributed by atoms with Crippen LogP contribution < -0.4 is 10.6 Å². The molecule has 23 heavy (non-hydrogen) atoms. The van der Waals surface area contributed by atoms with Crippen LogP contribution in [-0.4, -0.2) is 47.4 Å². The van der Waals surface area contributed by atoms with E-state index in [1.165, 1.54) is 0 Å². The van der Waals surface area contributed by atoms with Crippen LogP contribution in [0.2, 0.25) is 5.02 Å². The standard InChI is InChI=1S/C13H14ClFN2O6/c1-13(22,11(19)20)5-16-12(21)17-6-3-7(10(18)23-2)9(15)8(14)4-6/h3-4,22H,5H2,1-2H3,(H,19,20)(H2,16,17,21). The molecule has 0 radical (unpaired) electrons. The molecule has 1 atom stereocenters. The number of hydrogen-bond donors (Lipinski definition) is 4. The summed E-state index contributed by atoms with van der Waals surface area (Å²) in [5.41, 5.74) is -2.66. The number of ether oxygens (including phenoxy) is 1. The first kappa shape index (κ1) is 18.7. The van der Waals surface area contributed by atoms with E-state index in [2.05, 4.69) is 15.4 Å². The summed E-state index contributed by atoms with van der Waals surface area (Å²) in [6, 6.07) is 1.17. The van der Waals surface area contributed by atoms with E-state index in [1.807, 2.05) is 0 Å². The number of hydrogen-bond acceptors (Lipinski definition) is 5. The minimum Gasteiger partial charge on any atom is -0.479 e. The molecule has 126 valence electrons. The Morgan fingerprint density at radius 1 is 1.39 bits per heavy atom. The maximum Gasteiger partial charge on any atom is 0.340 e. The molecule has 0 aromatic heterocycles. The molecule has 0 aliphatic carbocycles. The number of carboxylic acids is 1. The summed E-state index contributed by atoms with van der Waals surface area (Å²) >= 11 is 5.62. The summed E-state index contributed by atoms with van der Waals surface area (Å²) in [6.07, 6.45) is 0. The van der Waals surface area contributed by atoms with Gasteiger partial charge in [0.2, 0.25) is 0 Å². The van der Waals surface area contributed by atoms with Gasteiger partial charge in [-0.2, -0.15) is 0 Å². The van der Waals surface area contributed by atoms with E-state index in [-0.39, 0.29) is 5.69 Å². The topological polar surface area (TPSA) is 125 Å². The smallest absolute Gasteiger partial charge is 0.340 e. The number of carboxylic acid groups (broad SMARTS) is 1. The van der Waals surface area contributed by atoms with E-state index in [1.54, 1.807) is 0 Å². The van der Waals surface area contributed by atoms with E-state index in [0.29, 0.717) is 0 Å². The molecular weight excluding hydrogens is 335 g/mol. The minimum atomic E-state index is -2.16. The highest BCUT2D eigenvalue weighted by molar-refractivity contribution is 6.31. The van der Waals surface area contributed by atoms with Gasteiger partial charge in [0, 0.05) is 5.69 Å². The monoisotopic (exact) mass is 348 g/mol. The van der Waals surface area contributed by atoms with Gasteiger partial charge >= 0.3 is 18.0 Å². The molecule has 10 heteroatoms. The van der Waals surface area contributed by atoms with Gasteiger partial charge in [-0.3, -0.25) is 0 Å². The third kappa shape index (κ3) is 4.80. The minimum absolute atomic E-state index is 0.0238. The van der Waals surface area contributed by atoms with E-state index in [9.17, 15) is 23.9 Å². The van der Waals surface area contributed by atoms with Gasteiger partial charge < -0.3 is 25.6 Å². The molecule has 0 bridgehead atoms. The van der Waals surface area contributed by atoms with Gasteiger partial charge in [0.05, 0.1) is 24.2 Å². The first-order chi connectivity index (χ1) is 10.6. The third-order valence-electron chi connectivity index (χ3n) is 2.75. The zero-order chi connectivity index (χ0) is 17.8. The Hall–Kier alpha value is -2.39. The molecule has 0 fully saturated rings. The second kappa shape index (κ2) is 7.25. The normalized spacial score (nSPS) is 12.9. The van der Waals surface area contributed by atoms with Crippen molar-refractivity contribution in [2.75, 3.05) is 19.0 Å². The predicted molar refractivity (Wildman–Crippen MR) is 78.0 cm³/mol. The highest BCUT2D eigenvalue weighted by atomic mass is 35.5. The number of benzene rings is 1. The largest absolute Gasteiger partial charge is 0.479 e. The van der Waals surface area contributed by atoms with Crippen LogP contribution in [0.25, 0.3) is 0 Å². The fourth-order valence-electron chi connectivity index (χ4n) is 1.42. The summed E-state index contributed by atoms with van der Waals surface area (Å²) in [4.78, 5) is 33.8. The maximum absolute atomic E-state index is 13.7. The molecule has 0 aliphatic heterocycles. The quantitative estimate of drug-likeness (QED) is 0.593. The molecule has 8 nitrogen and oxygen atoms in total. The van der Waals surface area contributed by atoms with Crippen LogP contribution in [0.1, 0.15) is 17.3 Å². The number of urea groups is 1. The second-order valence-electron chi connectivity index (χ2n) is 4.70. The molecule has 0 saturated heterocycles. The van der Waals surface area contributed by atoms with Crippen molar-refractivity contribution in [3.8, 4) is 0 Å². The molecule has 4 N–H and O–H groups in total. The number of methoxy groups -OCH3 is 1. The second-order valence-corrected chi connectivity index (χ2v) is 5.11. The van der Waals surface area contributed by atoms with Gasteiger partial charge in [-0.25, -0.2) is 18.8 Å². The van der Waals surface area contributed by atoms with Crippen molar-refractivity contribution in [2.24, 2.45) is 0 Å². The summed E-state index contributed by atoms with van der Waals surface area (Å²) in [6.45, 7) is 0.423. The molecular formula is C13H14ClFN2O6. The number of rotatable bonds is 5. The fourth-order valence-corrected chi connectivity index (χ4v) is 1.64. The number of aliphatic carboxylic acids is 1. The first-order valence-electron chi connectivity index (χ1n) is 6.16. The lowest BCUT2D eigenvalue weighted by Crippen LogP contribution is -2.47. The number of carbonyl (C=O) groups is 3. The van der Waals surface area contributed by atoms with E-state index < -0.39 is 46.5 Å². The number of esters is 1. The number of halogens is 2. The maximum atomic E-state index is 13.7. The van der Waals surface area contributed by atoms with Crippen LogP contribution in [0, 0.1) is 5.82 Å². The average molecular weight is 349 g/mol. The lowest BCUT2D eigenvalue weighted by molar-refractivity contribution is -0.155. The molecule has 1 unspecified atom stereocenters. The van der Waals surface area contributed by atoms with Gasteiger partial charge in [-0.05, 0) is 19.1 Å². The van der Waals surface area contributed by atoms with E-state index in [4.69, 9.17) is 16.7 Å². The lowest BCUT2D eigenvalue weighted by atomic mass is 10.1. The van der Waals surface area contributed by atoms with Crippen LogP contribution in [0.4, 0.5) is 14.9 Å². The number of nitrogens with one attached hydrogen (secondary N) is 2. The summed E-state index contributed by atoms with van der Waals surface area (Å²) in [5.74, 6) is -3.50. The zero-order valence-corrected chi connectivity index (χ0v) is 12.9. The third-order valence-corrected chi connectivity index (χ3v) is 3.02. The molecule has 0 aliphatic rings. The Balaban J connectivity index is 2.85. The van der Waals surface area contributed by atoms with Crippen molar-refractivity contribution in [1.82, 2.24) is 5.32 Å². The van der Waals surface area contributed by atoms with Gasteiger partial charge in [-0.15, -0.1) is 0 Å². The van der Waals surface area contributed by atoms with Gasteiger partial charge in [0.15, 0.2) is 11.4 Å². The first-order valence-corrected chi connectivity index (χ1v) is 6.54. The number of anilines is 1. The summed E-state index contributed by atoms with van der Waals surface area (Å²) < 4.78 is 18.1. The van der Waals surface area contributed by atoms with Crippen molar-refractivity contribution < 1.29 is 33.7 Å². The van der Waals surface area contributed by atoms with Crippen molar-refractivity contribution in [3.63, 3.8) is 0 Å². The number of aliphatic hydroxyl groups is 1. The molecule has 2 amide bonds. The van der Waals surface area contributed by atoms with Gasteiger partial charge in [0.1, 0.15) is 0 Å². The Kier molecular flexibility index (Phi) is 5.88. The highest BCUT2D eigenvalue weighted by Gasteiger charge is 2.30. The van der Waals surface area contributed by atoms with Crippen LogP contribution in [0.15, 0.2) is 12.1 Å². The molecule has 0 saturated carbocycles. The predicted octanol–water partition coefficient (Wildman–Crippen LogP) is 1.22. The van der Waals surface area contributed by atoms with Gasteiger partial charge in [0.25, 0.3) is 0 Å². The highest BCUT2D eigenvalue weighted by Crippen LogP contribution is 2.24. The van der Waals surface area contributed by atoms with Crippen LogP contribution in [-0.2, 0) is 9.53 Å². The number of carbonyl (C=O) groups excluding carboxylic acids is 2. The van der Waals surface area contributed by atoms with Crippen molar-refractivity contribution >= 4 is 35.3 Å². The molecule has 1 rings (SSSR count). The van der Waals surface area contributed by atoms with Crippen LogP contribution in [0.5, 0.6) is 0 Å². The lowest BCUT2D eigenvalue weighted by Gasteiger charge is -2.18. The molecule has 1 aromatic carbocycles. The average Bonchev–Trinajstić information content (AvgIpc) is 2.47. The van der Waals surface area contributed by atoms with Crippen LogP contribution in [0.3, 0.4) is 0 Å². The Morgan fingerprint density at radius 2 is 2.00 bits per heavy atom. The molecule has 1 aromatic rings. The summed E-state index contributed by atoms with van der Waals surface area (Å²) in [7, 11) is 1.05. The van der Waals surface area contributed by atoms with Gasteiger partial charge in [-0.1, -0.05) is 11.6 Å². The zero-order valence-electron chi connectivity index (χ0n) is 12.1. The van der Waals surface area contributed by atoms with Crippen LogP contribution >= 0.6 is 11.6 Å². The summed E-state index contributed by atoms with van der Waals surface area (Å²) in [5, 5.41) is 22.1. The Morgan fingerprint density at radius 3 is 2.52 bits per heavy atom. The fraction of sp³-hybridized carbons (Fsp3) is 0.308. The van der Waals surface area contributed by atoms with E-state index in [0.717, 1.165) is 26.2 Å². The molecule has 0 heterocycles.